The highest BCUT2D eigenvalue weighted by atomic mass is 32.2. The highest BCUT2D eigenvalue weighted by Crippen LogP contribution is 2.23. The first-order chi connectivity index (χ1) is 11.4. The van der Waals surface area contributed by atoms with Crippen molar-refractivity contribution in [2.75, 3.05) is 0 Å². The van der Waals surface area contributed by atoms with Gasteiger partial charge in [-0.25, -0.2) is 4.98 Å². The van der Waals surface area contributed by atoms with Crippen molar-refractivity contribution in [2.24, 2.45) is 5.92 Å². The first-order valence-electron chi connectivity index (χ1n) is 8.22. The van der Waals surface area contributed by atoms with Gasteiger partial charge >= 0.3 is 0 Å². The van der Waals surface area contributed by atoms with Crippen LogP contribution in [0.1, 0.15) is 30.7 Å². The molecule has 1 N–H and O–H groups in total. The molecule has 0 saturated heterocycles. The zero-order valence-corrected chi connectivity index (χ0v) is 15.4. The second-order valence-corrected chi connectivity index (χ2v) is 7.64. The Balaban J connectivity index is 1.99. The quantitative estimate of drug-likeness (QED) is 0.556. The summed E-state index contributed by atoms with van der Waals surface area (Å²) in [6, 6.07) is 10.4. The van der Waals surface area contributed by atoms with Gasteiger partial charge in [0.05, 0.1) is 5.52 Å². The van der Waals surface area contributed by atoms with Gasteiger partial charge < -0.3 is 4.98 Å². The molecule has 0 aliphatic rings. The third-order valence-corrected chi connectivity index (χ3v) is 4.88. The van der Waals surface area contributed by atoms with Crippen molar-refractivity contribution in [3.8, 4) is 0 Å². The molecule has 126 valence electrons. The molecule has 2 aromatic heterocycles. The number of rotatable bonds is 5. The molecule has 0 fully saturated rings. The number of nitrogens with one attached hydrogen (secondary N) is 1. The fourth-order valence-electron chi connectivity index (χ4n) is 2.80. The van der Waals surface area contributed by atoms with Crippen LogP contribution in [0.3, 0.4) is 0 Å². The van der Waals surface area contributed by atoms with Gasteiger partial charge in [-0.2, -0.15) is 0 Å². The molecule has 0 atom stereocenters. The molecule has 2 heterocycles. The number of thioether (sulfide) groups is 1. The number of benzene rings is 1. The summed E-state index contributed by atoms with van der Waals surface area (Å²) in [5.41, 5.74) is 4.84. The minimum Gasteiger partial charge on any atom is -0.353 e. The maximum Gasteiger partial charge on any atom is 0.278 e. The Morgan fingerprint density at radius 1 is 1.25 bits per heavy atom. The highest BCUT2D eigenvalue weighted by Gasteiger charge is 2.14. The summed E-state index contributed by atoms with van der Waals surface area (Å²) in [5, 5.41) is 0.793. The Bertz CT molecular complexity index is 924. The molecule has 0 unspecified atom stereocenters. The van der Waals surface area contributed by atoms with Crippen molar-refractivity contribution < 1.29 is 0 Å². The fourth-order valence-corrected chi connectivity index (χ4v) is 3.75. The van der Waals surface area contributed by atoms with E-state index in [2.05, 4.69) is 50.0 Å². The molecule has 0 spiro atoms. The number of H-pyrrole nitrogens is 1. The Kier molecular flexibility index (Phi) is 4.81. The third kappa shape index (κ3) is 3.56. The monoisotopic (exact) mass is 341 g/mol. The number of aromatic nitrogens is 3. The largest absolute Gasteiger partial charge is 0.353 e. The van der Waals surface area contributed by atoms with Gasteiger partial charge in [0.25, 0.3) is 5.56 Å². The Labute approximate surface area is 146 Å². The van der Waals surface area contributed by atoms with Crippen molar-refractivity contribution in [2.45, 2.75) is 45.1 Å². The second kappa shape index (κ2) is 6.85. The van der Waals surface area contributed by atoms with E-state index in [1.54, 1.807) is 11.8 Å². The second-order valence-electron chi connectivity index (χ2n) is 6.69. The minimum atomic E-state index is 0.0218. The van der Waals surface area contributed by atoms with Crippen LogP contribution < -0.4 is 5.56 Å². The van der Waals surface area contributed by atoms with E-state index >= 15 is 0 Å². The molecule has 0 aliphatic carbocycles. The van der Waals surface area contributed by atoms with E-state index in [4.69, 9.17) is 4.98 Å². The summed E-state index contributed by atoms with van der Waals surface area (Å²) in [5.74, 6) is 1.19. The van der Waals surface area contributed by atoms with E-state index in [-0.39, 0.29) is 5.56 Å². The number of aryl methyl sites for hydroxylation is 2. The van der Waals surface area contributed by atoms with E-state index in [0.29, 0.717) is 18.0 Å². The lowest BCUT2D eigenvalue weighted by Gasteiger charge is -2.14. The predicted molar refractivity (Wildman–Crippen MR) is 101 cm³/mol. The molecule has 3 rings (SSSR count). The topological polar surface area (TPSA) is 50.7 Å². The van der Waals surface area contributed by atoms with Crippen molar-refractivity contribution in [1.29, 1.82) is 0 Å². The summed E-state index contributed by atoms with van der Waals surface area (Å²) in [6.07, 6.45) is 0. The summed E-state index contributed by atoms with van der Waals surface area (Å²) in [7, 11) is 0. The molecule has 1 aromatic carbocycles. The molecule has 5 heteroatoms. The first-order valence-corrected chi connectivity index (χ1v) is 9.21. The SMILES string of the molecule is Cc1cccc(CSc2nc3cc(C)[nH]c3c(=O)n2CC(C)C)c1. The number of nitrogens with zero attached hydrogens (tertiary/aromatic N) is 2. The van der Waals surface area contributed by atoms with Crippen LogP contribution in [0.5, 0.6) is 0 Å². The fraction of sp³-hybridized carbons (Fsp3) is 0.368. The Morgan fingerprint density at radius 3 is 2.75 bits per heavy atom. The average Bonchev–Trinajstić information content (AvgIpc) is 2.89. The zero-order chi connectivity index (χ0) is 17.3. The lowest BCUT2D eigenvalue weighted by atomic mass is 10.2. The van der Waals surface area contributed by atoms with Crippen LogP contribution >= 0.6 is 11.8 Å². The number of hydrogen-bond acceptors (Lipinski definition) is 3. The van der Waals surface area contributed by atoms with E-state index in [1.165, 1.54) is 11.1 Å². The molecule has 4 nitrogen and oxygen atoms in total. The van der Waals surface area contributed by atoms with Crippen molar-refractivity contribution in [1.82, 2.24) is 14.5 Å². The van der Waals surface area contributed by atoms with E-state index in [9.17, 15) is 4.79 Å². The van der Waals surface area contributed by atoms with Gasteiger partial charge in [-0.1, -0.05) is 55.4 Å². The molecule has 0 saturated carbocycles. The van der Waals surface area contributed by atoms with Gasteiger partial charge in [0.2, 0.25) is 0 Å². The smallest absolute Gasteiger partial charge is 0.278 e. The van der Waals surface area contributed by atoms with Gasteiger partial charge in [-0.3, -0.25) is 9.36 Å². The lowest BCUT2D eigenvalue weighted by Crippen LogP contribution is -2.25. The molecule has 0 radical (unpaired) electrons. The standard InChI is InChI=1S/C19H23N3OS/c1-12(2)10-22-18(23)17-16(9-14(4)20-17)21-19(22)24-11-15-7-5-6-13(3)8-15/h5-9,12,20H,10-11H2,1-4H3. The highest BCUT2D eigenvalue weighted by molar-refractivity contribution is 7.98. The maximum absolute atomic E-state index is 12.8. The number of aromatic amines is 1. The van der Waals surface area contributed by atoms with Crippen LogP contribution in [0.4, 0.5) is 0 Å². The molecular weight excluding hydrogens is 318 g/mol. The molecule has 3 aromatic rings. The number of hydrogen-bond donors (Lipinski definition) is 1. The van der Waals surface area contributed by atoms with E-state index < -0.39 is 0 Å². The van der Waals surface area contributed by atoms with Gasteiger partial charge in [0, 0.05) is 18.0 Å². The van der Waals surface area contributed by atoms with Gasteiger partial charge in [-0.15, -0.1) is 0 Å². The third-order valence-electron chi connectivity index (χ3n) is 3.84. The van der Waals surface area contributed by atoms with Crippen molar-refractivity contribution >= 4 is 22.8 Å². The first kappa shape index (κ1) is 16.8. The van der Waals surface area contributed by atoms with E-state index in [0.717, 1.165) is 22.1 Å². The summed E-state index contributed by atoms with van der Waals surface area (Å²) in [4.78, 5) is 20.7. The van der Waals surface area contributed by atoms with Crippen LogP contribution in [-0.4, -0.2) is 14.5 Å². The molecule has 24 heavy (non-hydrogen) atoms. The van der Waals surface area contributed by atoms with Crippen molar-refractivity contribution in [3.05, 3.63) is 57.5 Å². The summed E-state index contributed by atoms with van der Waals surface area (Å²) in [6.45, 7) is 8.95. The summed E-state index contributed by atoms with van der Waals surface area (Å²) < 4.78 is 1.81. The number of fused-ring (bicyclic) bond motifs is 1. The molecule has 0 bridgehead atoms. The normalized spacial score (nSPS) is 11.5. The van der Waals surface area contributed by atoms with E-state index in [1.807, 2.05) is 17.6 Å². The van der Waals surface area contributed by atoms with Crippen LogP contribution in [0.15, 0.2) is 40.3 Å². The van der Waals surface area contributed by atoms with Gasteiger partial charge in [-0.05, 0) is 31.4 Å². The average molecular weight is 341 g/mol. The van der Waals surface area contributed by atoms with Crippen LogP contribution in [0.2, 0.25) is 0 Å². The Hall–Kier alpha value is -2.01. The molecule has 0 amide bonds. The molecule has 0 aliphatic heterocycles. The predicted octanol–water partition coefficient (Wildman–Crippen LogP) is 4.29. The van der Waals surface area contributed by atoms with Gasteiger partial charge in [0.1, 0.15) is 5.52 Å². The van der Waals surface area contributed by atoms with Crippen molar-refractivity contribution in [3.63, 3.8) is 0 Å². The maximum atomic E-state index is 12.8. The summed E-state index contributed by atoms with van der Waals surface area (Å²) >= 11 is 1.63. The molecular formula is C19H23N3OS. The minimum absolute atomic E-state index is 0.0218. The lowest BCUT2D eigenvalue weighted by molar-refractivity contribution is 0.475. The van der Waals surface area contributed by atoms with Crippen LogP contribution in [-0.2, 0) is 12.3 Å². The van der Waals surface area contributed by atoms with Crippen LogP contribution in [0, 0.1) is 19.8 Å². The van der Waals surface area contributed by atoms with Gasteiger partial charge in [0.15, 0.2) is 5.16 Å². The zero-order valence-electron chi connectivity index (χ0n) is 14.6. The van der Waals surface area contributed by atoms with Crippen LogP contribution in [0.25, 0.3) is 11.0 Å². The Morgan fingerprint density at radius 2 is 2.04 bits per heavy atom.